The molecule has 2 rings (SSSR count). The fraction of sp³-hybridized carbons (Fsp3) is 0.667. The molecule has 3 N–H and O–H groups in total. The summed E-state index contributed by atoms with van der Waals surface area (Å²) in [6.07, 6.45) is 5.86. The average Bonchev–Trinajstić information content (AvgIpc) is 3.24. The van der Waals surface area contributed by atoms with Crippen LogP contribution in [-0.4, -0.2) is 64.3 Å². The van der Waals surface area contributed by atoms with Crippen molar-refractivity contribution >= 4 is 41.9 Å². The molecular formula is C18H32IN7O2. The minimum atomic E-state index is -0.772. The molecule has 1 unspecified atom stereocenters. The Bertz CT molecular complexity index is 650. The van der Waals surface area contributed by atoms with Crippen molar-refractivity contribution in [2.45, 2.75) is 52.1 Å². The lowest BCUT2D eigenvalue weighted by Gasteiger charge is -2.19. The molecule has 10 heteroatoms. The predicted octanol–water partition coefficient (Wildman–Crippen LogP) is 1.56. The first-order valence-corrected chi connectivity index (χ1v) is 9.64. The minimum Gasteiger partial charge on any atom is -0.357 e. The highest BCUT2D eigenvalue weighted by Crippen LogP contribution is 2.20. The first-order valence-electron chi connectivity index (χ1n) is 9.64. The van der Waals surface area contributed by atoms with Crippen molar-refractivity contribution < 1.29 is 9.59 Å². The van der Waals surface area contributed by atoms with Gasteiger partial charge in [0.1, 0.15) is 5.54 Å². The molecule has 1 fully saturated rings. The Balaban J connectivity index is 0.00000392. The summed E-state index contributed by atoms with van der Waals surface area (Å²) in [5.41, 5.74) is -0.772. The summed E-state index contributed by atoms with van der Waals surface area (Å²) in [7, 11) is 0. The van der Waals surface area contributed by atoms with E-state index in [-0.39, 0.29) is 35.9 Å². The summed E-state index contributed by atoms with van der Waals surface area (Å²) in [6.45, 7) is 8.99. The number of urea groups is 1. The van der Waals surface area contributed by atoms with Gasteiger partial charge in [-0.15, -0.1) is 24.0 Å². The number of aryl methyl sites for hydroxylation is 1. The maximum atomic E-state index is 12.3. The van der Waals surface area contributed by atoms with Crippen molar-refractivity contribution in [1.29, 1.82) is 0 Å². The Labute approximate surface area is 183 Å². The lowest BCUT2D eigenvalue weighted by atomic mass is 9.99. The number of guanidine groups is 1. The fourth-order valence-electron chi connectivity index (χ4n) is 2.83. The predicted molar refractivity (Wildman–Crippen MR) is 120 cm³/mol. The number of nitrogens with one attached hydrogen (secondary N) is 3. The van der Waals surface area contributed by atoms with Crippen LogP contribution in [0.2, 0.25) is 0 Å². The monoisotopic (exact) mass is 505 g/mol. The first-order chi connectivity index (χ1) is 13.0. The molecule has 9 nitrogen and oxygen atoms in total. The SMILES string of the molecule is CCNC(=NCCCN1C(=O)NC(C)(CC)C1=O)NCCCn1cccn1.I. The number of rotatable bonds is 10. The Morgan fingerprint density at radius 1 is 1.25 bits per heavy atom. The number of imide groups is 1. The van der Waals surface area contributed by atoms with Gasteiger partial charge in [0.2, 0.25) is 0 Å². The molecule has 3 amide bonds. The highest BCUT2D eigenvalue weighted by Gasteiger charge is 2.45. The molecule has 0 saturated carbocycles. The van der Waals surface area contributed by atoms with Gasteiger partial charge in [0, 0.05) is 45.1 Å². The molecule has 0 radical (unpaired) electrons. The van der Waals surface area contributed by atoms with Crippen LogP contribution in [0.3, 0.4) is 0 Å². The normalized spacial score (nSPS) is 19.4. The van der Waals surface area contributed by atoms with Gasteiger partial charge >= 0.3 is 6.03 Å². The molecule has 0 spiro atoms. The van der Waals surface area contributed by atoms with E-state index in [4.69, 9.17) is 0 Å². The summed E-state index contributed by atoms with van der Waals surface area (Å²) in [6, 6.07) is 1.60. The van der Waals surface area contributed by atoms with Crippen LogP contribution in [0.4, 0.5) is 4.79 Å². The molecule has 1 aromatic heterocycles. The van der Waals surface area contributed by atoms with Crippen LogP contribution in [0, 0.1) is 0 Å². The average molecular weight is 505 g/mol. The molecule has 1 atom stereocenters. The van der Waals surface area contributed by atoms with Crippen molar-refractivity contribution in [2.75, 3.05) is 26.2 Å². The third-order valence-corrected chi connectivity index (χ3v) is 4.62. The second-order valence-corrected chi connectivity index (χ2v) is 6.74. The van der Waals surface area contributed by atoms with Gasteiger partial charge in [-0.3, -0.25) is 19.4 Å². The number of carbonyl (C=O) groups excluding carboxylic acids is 2. The third-order valence-electron chi connectivity index (χ3n) is 4.62. The second-order valence-electron chi connectivity index (χ2n) is 6.74. The molecule has 0 bridgehead atoms. The van der Waals surface area contributed by atoms with Crippen molar-refractivity contribution in [3.63, 3.8) is 0 Å². The van der Waals surface area contributed by atoms with Crippen molar-refractivity contribution in [3.8, 4) is 0 Å². The largest absolute Gasteiger partial charge is 0.357 e. The molecule has 2 heterocycles. The van der Waals surface area contributed by atoms with Crippen molar-refractivity contribution in [1.82, 2.24) is 30.6 Å². The number of carbonyl (C=O) groups is 2. The molecule has 158 valence electrons. The Morgan fingerprint density at radius 2 is 2.04 bits per heavy atom. The van der Waals surface area contributed by atoms with Gasteiger partial charge in [0.15, 0.2) is 5.96 Å². The van der Waals surface area contributed by atoms with Crippen LogP contribution in [-0.2, 0) is 11.3 Å². The van der Waals surface area contributed by atoms with Gasteiger partial charge in [0.25, 0.3) is 5.91 Å². The van der Waals surface area contributed by atoms with E-state index < -0.39 is 5.54 Å². The second kappa shape index (κ2) is 11.9. The number of aliphatic imine (C=N–C) groups is 1. The quantitative estimate of drug-likeness (QED) is 0.147. The van der Waals surface area contributed by atoms with E-state index in [1.807, 2.05) is 30.8 Å². The van der Waals surface area contributed by atoms with E-state index in [0.717, 1.165) is 32.0 Å². The van der Waals surface area contributed by atoms with Crippen LogP contribution < -0.4 is 16.0 Å². The topological polar surface area (TPSA) is 104 Å². The van der Waals surface area contributed by atoms with Crippen LogP contribution in [0.1, 0.15) is 40.0 Å². The summed E-state index contributed by atoms with van der Waals surface area (Å²) in [5, 5.41) is 13.4. The van der Waals surface area contributed by atoms with Gasteiger partial charge in [-0.1, -0.05) is 6.92 Å². The fourth-order valence-corrected chi connectivity index (χ4v) is 2.83. The van der Waals surface area contributed by atoms with Crippen LogP contribution >= 0.6 is 24.0 Å². The Kier molecular flexibility index (Phi) is 10.3. The number of hydrogen-bond acceptors (Lipinski definition) is 4. The van der Waals surface area contributed by atoms with Gasteiger partial charge < -0.3 is 16.0 Å². The summed E-state index contributed by atoms with van der Waals surface area (Å²) in [4.78, 5) is 30.1. The van der Waals surface area contributed by atoms with E-state index in [2.05, 4.69) is 26.0 Å². The van der Waals surface area contributed by atoms with Crippen LogP contribution in [0.5, 0.6) is 0 Å². The molecule has 1 aromatic rings. The molecular weight excluding hydrogens is 473 g/mol. The zero-order valence-corrected chi connectivity index (χ0v) is 19.2. The zero-order valence-electron chi connectivity index (χ0n) is 16.9. The van der Waals surface area contributed by atoms with E-state index in [1.54, 1.807) is 13.1 Å². The van der Waals surface area contributed by atoms with E-state index in [9.17, 15) is 9.59 Å². The number of hydrogen-bond donors (Lipinski definition) is 3. The summed E-state index contributed by atoms with van der Waals surface area (Å²) >= 11 is 0. The van der Waals surface area contributed by atoms with E-state index >= 15 is 0 Å². The lowest BCUT2D eigenvalue weighted by molar-refractivity contribution is -0.130. The minimum absolute atomic E-state index is 0. The highest BCUT2D eigenvalue weighted by atomic mass is 127. The van der Waals surface area contributed by atoms with Gasteiger partial charge in [-0.25, -0.2) is 4.79 Å². The zero-order chi connectivity index (χ0) is 19.7. The van der Waals surface area contributed by atoms with Crippen molar-refractivity contribution in [3.05, 3.63) is 18.5 Å². The van der Waals surface area contributed by atoms with Crippen LogP contribution in [0.25, 0.3) is 0 Å². The lowest BCUT2D eigenvalue weighted by Crippen LogP contribution is -2.43. The molecule has 1 aliphatic rings. The van der Waals surface area contributed by atoms with E-state index in [0.29, 0.717) is 25.9 Å². The van der Waals surface area contributed by atoms with E-state index in [1.165, 1.54) is 4.90 Å². The maximum Gasteiger partial charge on any atom is 0.325 e. The van der Waals surface area contributed by atoms with Gasteiger partial charge in [0.05, 0.1) is 0 Å². The number of halogens is 1. The Morgan fingerprint density at radius 3 is 2.64 bits per heavy atom. The van der Waals surface area contributed by atoms with Crippen LogP contribution in [0.15, 0.2) is 23.5 Å². The summed E-state index contributed by atoms with van der Waals surface area (Å²) < 4.78 is 1.90. The molecule has 28 heavy (non-hydrogen) atoms. The molecule has 1 saturated heterocycles. The standard InChI is InChI=1S/C18H31N7O2.HI/c1-4-18(3)15(26)25(17(27)23-18)14-7-10-21-16(19-5-2)20-9-6-12-24-13-8-11-22-24;/h8,11,13H,4-7,9-10,12,14H2,1-3H3,(H,23,27)(H2,19,20,21);1H. The molecule has 0 aliphatic carbocycles. The third kappa shape index (κ3) is 6.64. The smallest absolute Gasteiger partial charge is 0.325 e. The summed E-state index contributed by atoms with van der Waals surface area (Å²) in [5.74, 6) is 0.594. The van der Waals surface area contributed by atoms with Gasteiger partial charge in [-0.05, 0) is 39.2 Å². The first kappa shape index (κ1) is 24.2. The number of aromatic nitrogens is 2. The Hall–Kier alpha value is -1.85. The highest BCUT2D eigenvalue weighted by molar-refractivity contribution is 14.0. The number of amides is 3. The maximum absolute atomic E-state index is 12.3. The van der Waals surface area contributed by atoms with Gasteiger partial charge in [-0.2, -0.15) is 5.10 Å². The molecule has 1 aliphatic heterocycles. The van der Waals surface area contributed by atoms with Crippen molar-refractivity contribution in [2.24, 2.45) is 4.99 Å². The molecule has 0 aromatic carbocycles. The number of nitrogens with zero attached hydrogens (tertiary/aromatic N) is 4.